The maximum atomic E-state index is 5.47. The molecule has 0 saturated heterocycles. The van der Waals surface area contributed by atoms with Crippen molar-refractivity contribution in [1.29, 1.82) is 0 Å². The summed E-state index contributed by atoms with van der Waals surface area (Å²) < 4.78 is 0. The highest BCUT2D eigenvalue weighted by molar-refractivity contribution is 5.90. The minimum atomic E-state index is -0.666. The Morgan fingerprint density at radius 3 is 1.09 bits per heavy atom. The first-order valence-corrected chi connectivity index (χ1v) is 18.4. The lowest BCUT2D eigenvalue weighted by Gasteiger charge is -2.34. The Morgan fingerprint density at radius 2 is 0.618 bits per heavy atom. The molecule has 258 valence electrons. The highest BCUT2D eigenvalue weighted by atomic mass is 15.0. The van der Waals surface area contributed by atoms with Crippen molar-refractivity contribution in [3.8, 4) is 68.1 Å². The van der Waals surface area contributed by atoms with Crippen LogP contribution in [0.3, 0.4) is 0 Å². The Kier molecular flexibility index (Phi) is 7.96. The first-order chi connectivity index (χ1) is 27.3. The Bertz CT molecular complexity index is 2680. The van der Waals surface area contributed by atoms with Crippen molar-refractivity contribution in [2.45, 2.75) is 5.41 Å². The summed E-state index contributed by atoms with van der Waals surface area (Å²) >= 11 is 0. The summed E-state index contributed by atoms with van der Waals surface area (Å²) in [6, 6.07) is 69.1. The molecule has 1 aliphatic rings. The van der Waals surface area contributed by atoms with E-state index in [1.807, 2.05) is 78.9 Å². The Morgan fingerprint density at radius 1 is 0.273 bits per heavy atom. The van der Waals surface area contributed by atoms with Crippen LogP contribution in [0.15, 0.2) is 200 Å². The molecule has 0 spiro atoms. The van der Waals surface area contributed by atoms with Crippen LogP contribution in [0, 0.1) is 0 Å². The molecule has 2 heterocycles. The molecule has 1 aliphatic carbocycles. The second kappa shape index (κ2) is 13.6. The zero-order valence-corrected chi connectivity index (χ0v) is 29.8. The van der Waals surface area contributed by atoms with Crippen molar-refractivity contribution in [3.05, 3.63) is 222 Å². The van der Waals surface area contributed by atoms with Crippen LogP contribution in [0.4, 0.5) is 0 Å². The van der Waals surface area contributed by atoms with Gasteiger partial charge in [-0.2, -0.15) is 0 Å². The topological polar surface area (TPSA) is 64.5 Å². The molecule has 2 aromatic heterocycles. The third-order valence-corrected chi connectivity index (χ3v) is 10.4. The Balaban J connectivity index is 1.21. The SMILES string of the molecule is c1ccc(-c2nc(-c3ccccc3)nc(-c3ccc(-c4nc(-c5ccccc5)nc5c4C(c4ccccc4)(c4ccccc4)c4ccccc4-5)cc3)n2)cc1. The van der Waals surface area contributed by atoms with Gasteiger partial charge in [-0.3, -0.25) is 0 Å². The number of aromatic nitrogens is 5. The first kappa shape index (κ1) is 32.3. The van der Waals surface area contributed by atoms with Gasteiger partial charge in [-0.1, -0.05) is 200 Å². The van der Waals surface area contributed by atoms with E-state index in [0.29, 0.717) is 23.3 Å². The molecular formula is C50H33N5. The minimum absolute atomic E-state index is 0.604. The summed E-state index contributed by atoms with van der Waals surface area (Å²) in [5.74, 6) is 2.54. The Hall–Kier alpha value is -7.37. The summed E-state index contributed by atoms with van der Waals surface area (Å²) in [5.41, 5.74) is 11.5. The predicted molar refractivity (Wildman–Crippen MR) is 220 cm³/mol. The number of benzene rings is 7. The quantitative estimate of drug-likeness (QED) is 0.165. The molecule has 0 fully saturated rings. The Labute approximate surface area is 319 Å². The fourth-order valence-corrected chi connectivity index (χ4v) is 7.94. The van der Waals surface area contributed by atoms with E-state index in [4.69, 9.17) is 24.9 Å². The van der Waals surface area contributed by atoms with Crippen LogP contribution in [0.2, 0.25) is 0 Å². The lowest BCUT2D eigenvalue weighted by Crippen LogP contribution is -2.29. The number of hydrogen-bond acceptors (Lipinski definition) is 5. The maximum Gasteiger partial charge on any atom is 0.164 e. The van der Waals surface area contributed by atoms with E-state index in [-0.39, 0.29) is 0 Å². The number of rotatable bonds is 7. The summed E-state index contributed by atoms with van der Waals surface area (Å²) in [7, 11) is 0. The molecule has 55 heavy (non-hydrogen) atoms. The largest absolute Gasteiger partial charge is 0.228 e. The summed E-state index contributed by atoms with van der Waals surface area (Å²) in [6.07, 6.45) is 0. The fourth-order valence-electron chi connectivity index (χ4n) is 7.94. The van der Waals surface area contributed by atoms with Crippen LogP contribution in [-0.2, 0) is 5.41 Å². The van der Waals surface area contributed by atoms with Crippen LogP contribution < -0.4 is 0 Å². The molecule has 0 saturated carbocycles. The predicted octanol–water partition coefficient (Wildman–Crippen LogP) is 11.4. The van der Waals surface area contributed by atoms with Gasteiger partial charge in [0.1, 0.15) is 0 Å². The number of hydrogen-bond donors (Lipinski definition) is 0. The number of nitrogens with zero attached hydrogens (tertiary/aromatic N) is 5. The molecule has 0 radical (unpaired) electrons. The average molecular weight is 704 g/mol. The normalized spacial score (nSPS) is 12.5. The number of fused-ring (bicyclic) bond motifs is 3. The van der Waals surface area contributed by atoms with Crippen LogP contribution in [-0.4, -0.2) is 24.9 Å². The molecule has 0 atom stereocenters. The van der Waals surface area contributed by atoms with Crippen LogP contribution in [0.5, 0.6) is 0 Å². The van der Waals surface area contributed by atoms with E-state index in [1.165, 1.54) is 5.56 Å². The standard InChI is InChI=1S/C50H33N5/c1-6-18-35(19-7-1)46-51-44(43-45(52-46)41-28-16-17-29-42(41)50(43,39-24-12-4-13-25-39)40-26-14-5-15-27-40)34-30-32-38(33-31-34)49-54-47(36-20-8-2-9-21-36)53-48(55-49)37-22-10-3-11-23-37/h1-33H. The van der Waals surface area contributed by atoms with Gasteiger partial charge in [0.15, 0.2) is 23.3 Å². The van der Waals surface area contributed by atoms with Crippen LogP contribution >= 0.6 is 0 Å². The van der Waals surface area contributed by atoms with E-state index >= 15 is 0 Å². The van der Waals surface area contributed by atoms with Gasteiger partial charge in [-0.15, -0.1) is 0 Å². The second-order valence-electron chi connectivity index (χ2n) is 13.6. The minimum Gasteiger partial charge on any atom is -0.228 e. The molecule has 0 amide bonds. The average Bonchev–Trinajstić information content (AvgIpc) is 3.58. The molecule has 0 N–H and O–H groups in total. The monoisotopic (exact) mass is 703 g/mol. The summed E-state index contributed by atoms with van der Waals surface area (Å²) in [6.45, 7) is 0. The van der Waals surface area contributed by atoms with Crippen molar-refractivity contribution >= 4 is 0 Å². The van der Waals surface area contributed by atoms with Crippen molar-refractivity contribution in [1.82, 2.24) is 24.9 Å². The van der Waals surface area contributed by atoms with E-state index in [9.17, 15) is 0 Å². The van der Waals surface area contributed by atoms with Gasteiger partial charge >= 0.3 is 0 Å². The second-order valence-corrected chi connectivity index (χ2v) is 13.6. The molecule has 0 bridgehead atoms. The van der Waals surface area contributed by atoms with E-state index in [0.717, 1.165) is 61.5 Å². The van der Waals surface area contributed by atoms with E-state index in [2.05, 4.69) is 121 Å². The molecule has 5 heteroatoms. The maximum absolute atomic E-state index is 5.47. The zero-order chi connectivity index (χ0) is 36.6. The molecule has 10 rings (SSSR count). The lowest BCUT2D eigenvalue weighted by atomic mass is 9.67. The van der Waals surface area contributed by atoms with Crippen molar-refractivity contribution in [3.63, 3.8) is 0 Å². The molecule has 5 nitrogen and oxygen atoms in total. The first-order valence-electron chi connectivity index (χ1n) is 18.4. The summed E-state index contributed by atoms with van der Waals surface area (Å²) in [4.78, 5) is 25.8. The molecule has 0 aliphatic heterocycles. The molecule has 0 unspecified atom stereocenters. The van der Waals surface area contributed by atoms with Crippen LogP contribution in [0.25, 0.3) is 68.1 Å². The van der Waals surface area contributed by atoms with Gasteiger partial charge in [-0.05, 0) is 16.7 Å². The fraction of sp³-hybridized carbons (Fsp3) is 0.0200. The van der Waals surface area contributed by atoms with Gasteiger partial charge in [0, 0.05) is 38.9 Å². The van der Waals surface area contributed by atoms with Crippen molar-refractivity contribution < 1.29 is 0 Å². The van der Waals surface area contributed by atoms with Crippen LogP contribution in [0.1, 0.15) is 22.3 Å². The molecule has 7 aromatic carbocycles. The third kappa shape index (κ3) is 5.53. The smallest absolute Gasteiger partial charge is 0.164 e. The highest BCUT2D eigenvalue weighted by Crippen LogP contribution is 2.58. The third-order valence-electron chi connectivity index (χ3n) is 10.4. The molecule has 9 aromatic rings. The van der Waals surface area contributed by atoms with Gasteiger partial charge in [0.25, 0.3) is 0 Å². The molecular weight excluding hydrogens is 671 g/mol. The van der Waals surface area contributed by atoms with Gasteiger partial charge in [0.05, 0.1) is 16.8 Å². The van der Waals surface area contributed by atoms with Gasteiger partial charge in [0.2, 0.25) is 0 Å². The van der Waals surface area contributed by atoms with E-state index in [1.54, 1.807) is 0 Å². The lowest BCUT2D eigenvalue weighted by molar-refractivity contribution is 0.763. The van der Waals surface area contributed by atoms with Gasteiger partial charge < -0.3 is 0 Å². The highest BCUT2D eigenvalue weighted by Gasteiger charge is 2.49. The zero-order valence-electron chi connectivity index (χ0n) is 29.8. The van der Waals surface area contributed by atoms with Gasteiger partial charge in [-0.25, -0.2) is 24.9 Å². The van der Waals surface area contributed by atoms with E-state index < -0.39 is 5.41 Å². The van der Waals surface area contributed by atoms with Crippen molar-refractivity contribution in [2.24, 2.45) is 0 Å². The van der Waals surface area contributed by atoms with Crippen molar-refractivity contribution in [2.75, 3.05) is 0 Å². The summed E-state index contributed by atoms with van der Waals surface area (Å²) in [5, 5.41) is 0.